The predicted molar refractivity (Wildman–Crippen MR) is 70.9 cm³/mol. The second kappa shape index (κ2) is 5.08. The summed E-state index contributed by atoms with van der Waals surface area (Å²) in [5.74, 6) is 0.568. The molecule has 0 aliphatic rings. The van der Waals surface area contributed by atoms with Gasteiger partial charge in [0.1, 0.15) is 23.2 Å². The van der Waals surface area contributed by atoms with Crippen LogP contribution in [0.2, 0.25) is 10.0 Å². The summed E-state index contributed by atoms with van der Waals surface area (Å²) in [6, 6.07) is 6.88. The van der Waals surface area contributed by atoms with Crippen LogP contribution >= 0.6 is 23.2 Å². The molecule has 7 heteroatoms. The van der Waals surface area contributed by atoms with Crippen molar-refractivity contribution in [3.63, 3.8) is 0 Å². The number of halogens is 2. The normalized spacial score (nSPS) is 9.83. The minimum Gasteiger partial charge on any atom is -0.382 e. The smallest absolute Gasteiger partial charge is 0.154 e. The summed E-state index contributed by atoms with van der Waals surface area (Å²) in [6.45, 7) is 0. The van der Waals surface area contributed by atoms with Crippen LogP contribution < -0.4 is 11.1 Å². The lowest BCUT2D eigenvalue weighted by molar-refractivity contribution is 1.18. The van der Waals surface area contributed by atoms with Crippen molar-refractivity contribution in [3.8, 4) is 6.07 Å². The summed E-state index contributed by atoms with van der Waals surface area (Å²) in [4.78, 5) is 7.72. The van der Waals surface area contributed by atoms with Crippen molar-refractivity contribution in [2.75, 3.05) is 11.1 Å². The van der Waals surface area contributed by atoms with E-state index < -0.39 is 0 Å². The number of benzene rings is 1. The van der Waals surface area contributed by atoms with Crippen molar-refractivity contribution in [2.24, 2.45) is 0 Å². The third-order valence-corrected chi connectivity index (χ3v) is 2.85. The minimum atomic E-state index is 0.189. The van der Waals surface area contributed by atoms with Gasteiger partial charge in [0.15, 0.2) is 5.82 Å². The van der Waals surface area contributed by atoms with Gasteiger partial charge in [0.05, 0.1) is 10.6 Å². The molecule has 0 amide bonds. The lowest BCUT2D eigenvalue weighted by Crippen LogP contribution is -1.99. The highest BCUT2D eigenvalue weighted by molar-refractivity contribution is 6.35. The molecule has 2 aromatic rings. The van der Waals surface area contributed by atoms with E-state index in [1.165, 1.54) is 6.33 Å². The van der Waals surface area contributed by atoms with Gasteiger partial charge < -0.3 is 11.1 Å². The van der Waals surface area contributed by atoms with Crippen molar-refractivity contribution in [1.82, 2.24) is 9.97 Å². The highest BCUT2D eigenvalue weighted by Gasteiger charge is 2.07. The molecule has 0 saturated heterocycles. The van der Waals surface area contributed by atoms with Gasteiger partial charge in [-0.05, 0) is 18.2 Å². The van der Waals surface area contributed by atoms with Crippen LogP contribution in [0.25, 0.3) is 0 Å². The van der Waals surface area contributed by atoms with E-state index in [1.807, 2.05) is 6.07 Å². The monoisotopic (exact) mass is 279 g/mol. The molecule has 0 radical (unpaired) electrons. The van der Waals surface area contributed by atoms with E-state index in [1.54, 1.807) is 18.2 Å². The third-order valence-electron chi connectivity index (χ3n) is 2.17. The molecule has 1 aromatic carbocycles. The third kappa shape index (κ3) is 2.45. The van der Waals surface area contributed by atoms with Gasteiger partial charge >= 0.3 is 0 Å². The van der Waals surface area contributed by atoms with Crippen LogP contribution in [0.5, 0.6) is 0 Å². The van der Waals surface area contributed by atoms with Crippen molar-refractivity contribution in [1.29, 1.82) is 5.26 Å². The maximum atomic E-state index is 8.77. The van der Waals surface area contributed by atoms with E-state index >= 15 is 0 Å². The van der Waals surface area contributed by atoms with Crippen LogP contribution in [0.1, 0.15) is 5.56 Å². The lowest BCUT2D eigenvalue weighted by atomic mass is 10.2. The zero-order chi connectivity index (χ0) is 13.1. The van der Waals surface area contributed by atoms with E-state index in [9.17, 15) is 0 Å². The Labute approximate surface area is 113 Å². The molecule has 0 saturated carbocycles. The summed E-state index contributed by atoms with van der Waals surface area (Å²) < 4.78 is 0. The molecule has 2 rings (SSSR count). The number of rotatable bonds is 2. The lowest BCUT2D eigenvalue weighted by Gasteiger charge is -2.08. The largest absolute Gasteiger partial charge is 0.382 e. The number of aromatic nitrogens is 2. The second-order valence-corrected chi connectivity index (χ2v) is 4.14. The summed E-state index contributed by atoms with van der Waals surface area (Å²) in [7, 11) is 0. The number of nitriles is 1. The summed E-state index contributed by atoms with van der Waals surface area (Å²) in [6.07, 6.45) is 1.30. The summed E-state index contributed by atoms with van der Waals surface area (Å²) >= 11 is 11.9. The number of hydrogen-bond donors (Lipinski definition) is 2. The van der Waals surface area contributed by atoms with Gasteiger partial charge in [-0.15, -0.1) is 0 Å². The SMILES string of the molecule is N#Cc1ccc(Nc2ncnc(N)c2Cl)cc1Cl. The fourth-order valence-electron chi connectivity index (χ4n) is 1.29. The van der Waals surface area contributed by atoms with Crippen LogP contribution in [-0.2, 0) is 0 Å². The molecule has 0 spiro atoms. The molecule has 18 heavy (non-hydrogen) atoms. The van der Waals surface area contributed by atoms with Crippen molar-refractivity contribution in [3.05, 3.63) is 40.1 Å². The van der Waals surface area contributed by atoms with Gasteiger partial charge in [-0.2, -0.15) is 5.26 Å². The molecule has 0 fully saturated rings. The Bertz CT molecular complexity index is 636. The van der Waals surface area contributed by atoms with Gasteiger partial charge in [0.2, 0.25) is 0 Å². The molecule has 0 aliphatic heterocycles. The zero-order valence-corrected chi connectivity index (χ0v) is 10.5. The van der Waals surface area contributed by atoms with Crippen molar-refractivity contribution < 1.29 is 0 Å². The fraction of sp³-hybridized carbons (Fsp3) is 0. The molecular formula is C11H7Cl2N5. The average molecular weight is 280 g/mol. The fourth-order valence-corrected chi connectivity index (χ4v) is 1.66. The van der Waals surface area contributed by atoms with Gasteiger partial charge in [0.25, 0.3) is 0 Å². The Morgan fingerprint density at radius 3 is 2.72 bits per heavy atom. The number of nitrogens with zero attached hydrogens (tertiary/aromatic N) is 3. The van der Waals surface area contributed by atoms with Gasteiger partial charge in [-0.25, -0.2) is 9.97 Å². The average Bonchev–Trinajstić information content (AvgIpc) is 2.35. The highest BCUT2D eigenvalue weighted by atomic mass is 35.5. The Balaban J connectivity index is 2.32. The maximum absolute atomic E-state index is 8.77. The predicted octanol–water partition coefficient (Wildman–Crippen LogP) is 2.98. The first kappa shape index (κ1) is 12.4. The minimum absolute atomic E-state index is 0.189. The molecule has 0 atom stereocenters. The summed E-state index contributed by atoms with van der Waals surface area (Å²) in [5, 5.41) is 12.3. The zero-order valence-electron chi connectivity index (χ0n) is 8.98. The van der Waals surface area contributed by atoms with E-state index in [0.29, 0.717) is 22.1 Å². The van der Waals surface area contributed by atoms with Gasteiger partial charge in [-0.1, -0.05) is 23.2 Å². The van der Waals surface area contributed by atoms with E-state index in [4.69, 9.17) is 34.2 Å². The molecule has 0 bridgehead atoms. The first-order chi connectivity index (χ1) is 8.61. The first-order valence-electron chi connectivity index (χ1n) is 4.84. The highest BCUT2D eigenvalue weighted by Crippen LogP contribution is 2.28. The standard InChI is InChI=1S/C11H7Cl2N5/c12-8-3-7(2-1-6(8)4-14)18-11-9(13)10(15)16-5-17-11/h1-3,5H,(H3,15,16,17,18). The molecular weight excluding hydrogens is 273 g/mol. The van der Waals surface area contributed by atoms with Crippen LogP contribution in [0.15, 0.2) is 24.5 Å². The van der Waals surface area contributed by atoms with Crippen LogP contribution in [0.3, 0.4) is 0 Å². The molecule has 0 unspecified atom stereocenters. The number of anilines is 3. The Hall–Kier alpha value is -2.03. The molecule has 90 valence electrons. The second-order valence-electron chi connectivity index (χ2n) is 3.35. The number of nitrogens with one attached hydrogen (secondary N) is 1. The number of nitrogen functional groups attached to an aromatic ring is 1. The van der Waals surface area contributed by atoms with Crippen molar-refractivity contribution >= 4 is 40.5 Å². The van der Waals surface area contributed by atoms with Crippen LogP contribution in [0.4, 0.5) is 17.3 Å². The van der Waals surface area contributed by atoms with Gasteiger partial charge in [0, 0.05) is 5.69 Å². The first-order valence-corrected chi connectivity index (χ1v) is 5.60. The molecule has 5 nitrogen and oxygen atoms in total. The molecule has 3 N–H and O–H groups in total. The Kier molecular flexibility index (Phi) is 3.51. The van der Waals surface area contributed by atoms with Crippen LogP contribution in [0, 0.1) is 11.3 Å². The molecule has 1 heterocycles. The van der Waals surface area contributed by atoms with Crippen LogP contribution in [-0.4, -0.2) is 9.97 Å². The molecule has 1 aromatic heterocycles. The Morgan fingerprint density at radius 1 is 1.28 bits per heavy atom. The van der Waals surface area contributed by atoms with Crippen molar-refractivity contribution in [2.45, 2.75) is 0 Å². The molecule has 0 aliphatic carbocycles. The Morgan fingerprint density at radius 2 is 2.06 bits per heavy atom. The maximum Gasteiger partial charge on any atom is 0.154 e. The van der Waals surface area contributed by atoms with E-state index in [0.717, 1.165) is 0 Å². The topological polar surface area (TPSA) is 87.6 Å². The number of nitrogens with two attached hydrogens (primary N) is 1. The van der Waals surface area contributed by atoms with E-state index in [-0.39, 0.29) is 10.8 Å². The summed E-state index contributed by atoms with van der Waals surface area (Å²) in [5.41, 5.74) is 6.61. The quantitative estimate of drug-likeness (QED) is 0.882. The van der Waals surface area contributed by atoms with E-state index in [2.05, 4.69) is 15.3 Å². The van der Waals surface area contributed by atoms with Gasteiger partial charge in [-0.3, -0.25) is 0 Å². The number of hydrogen-bond acceptors (Lipinski definition) is 5.